The second-order valence-electron chi connectivity index (χ2n) is 2.94. The summed E-state index contributed by atoms with van der Waals surface area (Å²) in [5.74, 6) is 0.831. The number of nitrogens with one attached hydrogen (secondary N) is 1. The molecule has 0 saturated carbocycles. The quantitative estimate of drug-likeness (QED) is 0.655. The first-order valence-corrected chi connectivity index (χ1v) is 5.71. The van der Waals surface area contributed by atoms with Gasteiger partial charge in [0.05, 0.1) is 13.2 Å². The lowest BCUT2D eigenvalue weighted by Crippen LogP contribution is -2.37. The highest BCUT2D eigenvalue weighted by Gasteiger charge is 2.08. The van der Waals surface area contributed by atoms with Crippen molar-refractivity contribution in [3.8, 4) is 0 Å². The number of nitrogens with zero attached hydrogens (tertiary/aromatic N) is 1. The van der Waals surface area contributed by atoms with Gasteiger partial charge in [0.2, 0.25) is 0 Å². The van der Waals surface area contributed by atoms with E-state index in [2.05, 4.69) is 4.90 Å². The maximum atomic E-state index is 7.16. The average molecular weight is 191 g/mol. The molecule has 1 fully saturated rings. The Labute approximate surface area is 76.1 Å². The lowest BCUT2D eigenvalue weighted by Gasteiger charge is -2.26. The molecule has 0 aliphatic carbocycles. The van der Waals surface area contributed by atoms with Crippen molar-refractivity contribution in [2.45, 2.75) is 6.42 Å². The fraction of sp³-hybridized carbons (Fsp3) is 1.00. The first-order chi connectivity index (χ1) is 5.79. The van der Waals surface area contributed by atoms with E-state index in [0.717, 1.165) is 45.0 Å². The molecular weight excluding hydrogens is 174 g/mol. The minimum absolute atomic E-state index is 0.628. The zero-order valence-corrected chi connectivity index (χ0v) is 8.11. The Hall–Kier alpha value is 0.0300. The lowest BCUT2D eigenvalue weighted by atomic mass is 10.4. The summed E-state index contributed by atoms with van der Waals surface area (Å²) in [5, 5.41) is 5.36. The third-order valence-corrected chi connectivity index (χ3v) is 2.67. The molecule has 3 N–H and O–H groups in total. The smallest absolute Gasteiger partial charge is 0.0594 e. The van der Waals surface area contributed by atoms with Gasteiger partial charge in [-0.2, -0.15) is 0 Å². The molecule has 0 aromatic heterocycles. The fourth-order valence-corrected chi connectivity index (χ4v) is 1.71. The molecule has 0 spiro atoms. The summed E-state index contributed by atoms with van der Waals surface area (Å²) in [4.78, 5) is 2.37. The van der Waals surface area contributed by atoms with Crippen LogP contribution in [0.5, 0.6) is 0 Å². The van der Waals surface area contributed by atoms with E-state index in [9.17, 15) is 0 Å². The molecule has 1 heterocycles. The molecule has 5 heteroatoms. The monoisotopic (exact) mass is 191 g/mol. The molecule has 12 heavy (non-hydrogen) atoms. The molecule has 0 amide bonds. The van der Waals surface area contributed by atoms with Gasteiger partial charge in [-0.3, -0.25) is 14.8 Å². The number of hydrogen-bond acceptors (Lipinski definition) is 3. The van der Waals surface area contributed by atoms with Crippen LogP contribution >= 0.6 is 0 Å². The van der Waals surface area contributed by atoms with E-state index >= 15 is 0 Å². The van der Waals surface area contributed by atoms with Crippen molar-refractivity contribution in [2.75, 3.05) is 38.6 Å². The highest BCUT2D eigenvalue weighted by Crippen LogP contribution is 1.97. The Morgan fingerprint density at radius 1 is 1.42 bits per heavy atom. The molecule has 0 bridgehead atoms. The maximum absolute atomic E-state index is 7.16. The first-order valence-electron chi connectivity index (χ1n) is 4.25. The minimum Gasteiger partial charge on any atom is -0.379 e. The summed E-state index contributed by atoms with van der Waals surface area (Å²) in [7, 11) is -0.628. The number of rotatable bonds is 4. The Morgan fingerprint density at radius 2 is 2.08 bits per heavy atom. The van der Waals surface area contributed by atoms with Crippen LogP contribution in [-0.2, 0) is 15.6 Å². The van der Waals surface area contributed by atoms with Crippen LogP contribution in [0.3, 0.4) is 0 Å². The third kappa shape index (κ3) is 4.15. The van der Waals surface area contributed by atoms with Crippen LogP contribution in [0.15, 0.2) is 0 Å². The molecule has 72 valence electrons. The van der Waals surface area contributed by atoms with Crippen LogP contribution in [0.2, 0.25) is 0 Å². The Kier molecular flexibility index (Phi) is 4.75. The van der Waals surface area contributed by atoms with Gasteiger partial charge < -0.3 is 4.74 Å². The molecule has 1 saturated heterocycles. The van der Waals surface area contributed by atoms with Gasteiger partial charge in [0.15, 0.2) is 0 Å². The average Bonchev–Trinajstić information content (AvgIpc) is 2.05. The van der Waals surface area contributed by atoms with Crippen molar-refractivity contribution < 1.29 is 4.74 Å². The molecular formula is C7H17N3OS. The zero-order valence-electron chi connectivity index (χ0n) is 7.29. The van der Waals surface area contributed by atoms with Crippen LogP contribution in [0.1, 0.15) is 6.42 Å². The van der Waals surface area contributed by atoms with E-state index in [1.54, 1.807) is 0 Å². The minimum atomic E-state index is -0.628. The number of hydrogen-bond donors (Lipinski definition) is 2. The number of morpholine rings is 1. The van der Waals surface area contributed by atoms with Gasteiger partial charge in [-0.25, -0.2) is 0 Å². The van der Waals surface area contributed by atoms with E-state index in [1.807, 2.05) is 0 Å². The molecule has 0 aromatic carbocycles. The zero-order chi connectivity index (χ0) is 8.81. The van der Waals surface area contributed by atoms with Gasteiger partial charge >= 0.3 is 0 Å². The Bertz CT molecular complexity index is 148. The third-order valence-electron chi connectivity index (χ3n) is 1.94. The van der Waals surface area contributed by atoms with E-state index in [-0.39, 0.29) is 0 Å². The topological polar surface area (TPSA) is 62.3 Å². The predicted octanol–water partition coefficient (Wildman–Crippen LogP) is -0.0369. The molecule has 1 atom stereocenters. The van der Waals surface area contributed by atoms with E-state index in [0.29, 0.717) is 0 Å². The van der Waals surface area contributed by atoms with Gasteiger partial charge in [0, 0.05) is 18.8 Å². The molecule has 4 nitrogen and oxygen atoms in total. The second kappa shape index (κ2) is 5.64. The summed E-state index contributed by atoms with van der Waals surface area (Å²) in [6.45, 7) is 4.86. The first kappa shape index (κ1) is 10.1. The van der Waals surface area contributed by atoms with Gasteiger partial charge in [-0.15, -0.1) is 0 Å². The molecule has 1 unspecified atom stereocenters. The van der Waals surface area contributed by atoms with Gasteiger partial charge in [0.25, 0.3) is 0 Å². The largest absolute Gasteiger partial charge is 0.379 e. The lowest BCUT2D eigenvalue weighted by molar-refractivity contribution is 0.0381. The van der Waals surface area contributed by atoms with E-state index < -0.39 is 10.9 Å². The molecule has 1 rings (SSSR count). The maximum Gasteiger partial charge on any atom is 0.0594 e. The summed E-state index contributed by atoms with van der Waals surface area (Å²) >= 11 is 0. The van der Waals surface area contributed by atoms with Crippen molar-refractivity contribution in [3.05, 3.63) is 0 Å². The summed E-state index contributed by atoms with van der Waals surface area (Å²) in [6.07, 6.45) is 1.04. The Morgan fingerprint density at radius 3 is 2.67 bits per heavy atom. The predicted molar refractivity (Wildman–Crippen MR) is 51.0 cm³/mol. The van der Waals surface area contributed by atoms with Crippen LogP contribution in [0.25, 0.3) is 0 Å². The second-order valence-corrected chi connectivity index (χ2v) is 4.21. The summed E-state index contributed by atoms with van der Waals surface area (Å²) < 4.78 is 12.4. The highest BCUT2D eigenvalue weighted by atomic mass is 32.2. The molecule has 1 aliphatic heterocycles. The summed E-state index contributed by atoms with van der Waals surface area (Å²) in [5.41, 5.74) is 0. The van der Waals surface area contributed by atoms with Crippen molar-refractivity contribution in [2.24, 2.45) is 5.14 Å². The van der Waals surface area contributed by atoms with Crippen molar-refractivity contribution in [1.29, 1.82) is 4.78 Å². The van der Waals surface area contributed by atoms with Crippen molar-refractivity contribution >= 4 is 10.9 Å². The molecule has 1 aliphatic rings. The van der Waals surface area contributed by atoms with Gasteiger partial charge in [-0.1, -0.05) is 0 Å². The highest BCUT2D eigenvalue weighted by molar-refractivity contribution is 7.83. The normalized spacial score (nSPS) is 22.4. The van der Waals surface area contributed by atoms with Crippen LogP contribution in [0, 0.1) is 4.78 Å². The van der Waals surface area contributed by atoms with E-state index in [4.69, 9.17) is 14.7 Å². The van der Waals surface area contributed by atoms with Crippen LogP contribution in [-0.4, -0.2) is 43.5 Å². The van der Waals surface area contributed by atoms with Crippen LogP contribution in [0.4, 0.5) is 0 Å². The Balaban J connectivity index is 2.01. The van der Waals surface area contributed by atoms with Gasteiger partial charge in [-0.05, 0) is 23.8 Å². The van der Waals surface area contributed by atoms with E-state index in [1.165, 1.54) is 0 Å². The molecule has 0 aromatic rings. The summed E-state index contributed by atoms with van der Waals surface area (Å²) in [6, 6.07) is 0. The van der Waals surface area contributed by atoms with Crippen molar-refractivity contribution in [1.82, 2.24) is 4.90 Å². The standard InChI is InChI=1S/C7H17N3OS/c8-12(9)7-1-2-10-3-5-11-6-4-10/h1-7H2,(H3,8,9). The van der Waals surface area contributed by atoms with Crippen molar-refractivity contribution in [3.63, 3.8) is 0 Å². The molecule has 0 radical (unpaired) electrons. The fourth-order valence-electron chi connectivity index (χ4n) is 1.27. The number of ether oxygens (including phenoxy) is 1. The SMILES string of the molecule is N=S(N)CCCN1CCOCC1. The number of nitrogens with two attached hydrogens (primary N) is 1. The van der Waals surface area contributed by atoms with Crippen LogP contribution < -0.4 is 5.14 Å². The van der Waals surface area contributed by atoms with Gasteiger partial charge in [0.1, 0.15) is 0 Å².